The Hall–Kier alpha value is -2.21. The molecule has 92 valence electrons. The van der Waals surface area contributed by atoms with Crippen molar-refractivity contribution >= 4 is 29.3 Å². The number of tetrazole rings is 1. The van der Waals surface area contributed by atoms with Crippen molar-refractivity contribution in [1.29, 1.82) is 0 Å². The summed E-state index contributed by atoms with van der Waals surface area (Å²) in [4.78, 5) is 11.2. The highest BCUT2D eigenvalue weighted by molar-refractivity contribution is 6.30. The van der Waals surface area contributed by atoms with E-state index in [9.17, 15) is 9.90 Å². The smallest absolute Gasteiger partial charge is 0.354 e. The number of aliphatic carboxylic acids is 1. The molecule has 2 rings (SSSR count). The summed E-state index contributed by atoms with van der Waals surface area (Å²) in [6, 6.07) is 6.85. The molecule has 0 amide bonds. The summed E-state index contributed by atoms with van der Waals surface area (Å²) in [6.07, 6.45) is 1.46. The second-order valence-electron chi connectivity index (χ2n) is 3.53. The Morgan fingerprint density at radius 2 is 2.28 bits per heavy atom. The summed E-state index contributed by atoms with van der Waals surface area (Å²) in [5.74, 6) is -0.726. The van der Waals surface area contributed by atoms with Crippen molar-refractivity contribution in [2.45, 2.75) is 6.92 Å². The molecule has 0 fully saturated rings. The zero-order valence-electron chi connectivity index (χ0n) is 9.41. The molecular weight excluding hydrogens is 256 g/mol. The third-order valence-corrected chi connectivity index (χ3v) is 2.46. The molecule has 2 aromatic rings. The SMILES string of the molecule is Cc1nnnn1/C(=C\c1cccc(Cl)c1)C(=O)O. The number of nitrogens with zero attached hydrogens (tertiary/aromatic N) is 4. The van der Waals surface area contributed by atoms with Crippen LogP contribution >= 0.6 is 11.6 Å². The van der Waals surface area contributed by atoms with Gasteiger partial charge in [0.2, 0.25) is 0 Å². The Kier molecular flexibility index (Phi) is 3.38. The molecule has 1 aromatic carbocycles. The van der Waals surface area contributed by atoms with E-state index in [1.807, 2.05) is 0 Å². The maximum atomic E-state index is 11.2. The lowest BCUT2D eigenvalue weighted by atomic mass is 10.2. The first kappa shape index (κ1) is 12.3. The number of halogens is 1. The van der Waals surface area contributed by atoms with Gasteiger partial charge in [0.15, 0.2) is 11.5 Å². The Morgan fingerprint density at radius 1 is 1.50 bits per heavy atom. The minimum absolute atomic E-state index is 0.0419. The number of rotatable bonds is 3. The Balaban J connectivity index is 2.49. The van der Waals surface area contributed by atoms with Gasteiger partial charge in [-0.2, -0.15) is 4.68 Å². The third-order valence-electron chi connectivity index (χ3n) is 2.22. The molecule has 1 heterocycles. The van der Waals surface area contributed by atoms with E-state index in [2.05, 4.69) is 15.5 Å². The lowest BCUT2D eigenvalue weighted by Crippen LogP contribution is -2.11. The van der Waals surface area contributed by atoms with Gasteiger partial charge in [-0.25, -0.2) is 4.79 Å². The van der Waals surface area contributed by atoms with E-state index in [4.69, 9.17) is 11.6 Å². The molecule has 6 nitrogen and oxygen atoms in total. The van der Waals surface area contributed by atoms with Gasteiger partial charge in [-0.05, 0) is 41.1 Å². The number of carbonyl (C=O) groups is 1. The molecule has 0 unspecified atom stereocenters. The number of carboxylic acid groups (broad SMARTS) is 1. The largest absolute Gasteiger partial charge is 0.477 e. The molecule has 0 radical (unpaired) electrons. The van der Waals surface area contributed by atoms with Crippen LogP contribution in [0.3, 0.4) is 0 Å². The first-order chi connectivity index (χ1) is 8.58. The highest BCUT2D eigenvalue weighted by Crippen LogP contribution is 2.16. The summed E-state index contributed by atoms with van der Waals surface area (Å²) in [5.41, 5.74) is 0.620. The predicted molar refractivity (Wildman–Crippen MR) is 65.8 cm³/mol. The summed E-state index contributed by atoms with van der Waals surface area (Å²) in [5, 5.41) is 20.4. The molecular formula is C11H9ClN4O2. The third kappa shape index (κ3) is 2.54. The van der Waals surface area contributed by atoms with E-state index in [0.717, 1.165) is 4.68 Å². The zero-order chi connectivity index (χ0) is 13.1. The Labute approximate surface area is 108 Å². The van der Waals surface area contributed by atoms with Gasteiger partial charge >= 0.3 is 5.97 Å². The molecule has 7 heteroatoms. The van der Waals surface area contributed by atoms with Crippen LogP contribution in [0, 0.1) is 6.92 Å². The van der Waals surface area contributed by atoms with Crippen molar-refractivity contribution in [3.63, 3.8) is 0 Å². The predicted octanol–water partition coefficient (Wildman–Crippen LogP) is 1.72. The number of hydrogen-bond acceptors (Lipinski definition) is 4. The Bertz CT molecular complexity index is 621. The van der Waals surface area contributed by atoms with Crippen molar-refractivity contribution in [1.82, 2.24) is 20.2 Å². The second kappa shape index (κ2) is 4.97. The van der Waals surface area contributed by atoms with Gasteiger partial charge in [0.25, 0.3) is 0 Å². The van der Waals surface area contributed by atoms with Gasteiger partial charge in [-0.15, -0.1) is 5.10 Å². The minimum atomic E-state index is -1.12. The Morgan fingerprint density at radius 3 is 2.83 bits per heavy atom. The van der Waals surface area contributed by atoms with Crippen LogP contribution in [0.15, 0.2) is 24.3 Å². The molecule has 0 aliphatic carbocycles. The number of benzene rings is 1. The highest BCUT2D eigenvalue weighted by atomic mass is 35.5. The quantitative estimate of drug-likeness (QED) is 0.854. The van der Waals surface area contributed by atoms with Crippen LogP contribution in [0.2, 0.25) is 5.02 Å². The molecule has 0 bridgehead atoms. The van der Waals surface area contributed by atoms with Crippen LogP contribution in [-0.4, -0.2) is 31.3 Å². The van der Waals surface area contributed by atoms with Gasteiger partial charge < -0.3 is 5.11 Å². The number of aromatic nitrogens is 4. The lowest BCUT2D eigenvalue weighted by Gasteiger charge is -2.03. The van der Waals surface area contributed by atoms with Gasteiger partial charge in [0.05, 0.1) is 0 Å². The number of carboxylic acids is 1. The lowest BCUT2D eigenvalue weighted by molar-refractivity contribution is -0.130. The fraction of sp³-hybridized carbons (Fsp3) is 0.0909. The number of hydrogen-bond donors (Lipinski definition) is 1. The molecule has 18 heavy (non-hydrogen) atoms. The van der Waals surface area contributed by atoms with Gasteiger partial charge in [0.1, 0.15) is 0 Å². The topological polar surface area (TPSA) is 80.9 Å². The second-order valence-corrected chi connectivity index (χ2v) is 3.96. The van der Waals surface area contributed by atoms with Crippen molar-refractivity contribution in [3.05, 3.63) is 40.7 Å². The summed E-state index contributed by atoms with van der Waals surface area (Å²) >= 11 is 5.84. The van der Waals surface area contributed by atoms with Crippen molar-refractivity contribution in [2.24, 2.45) is 0 Å². The highest BCUT2D eigenvalue weighted by Gasteiger charge is 2.14. The summed E-state index contributed by atoms with van der Waals surface area (Å²) in [6.45, 7) is 1.62. The zero-order valence-corrected chi connectivity index (χ0v) is 10.2. The van der Waals surface area contributed by atoms with E-state index in [1.54, 1.807) is 31.2 Å². The van der Waals surface area contributed by atoms with Gasteiger partial charge in [0, 0.05) is 5.02 Å². The molecule has 0 saturated heterocycles. The molecule has 0 atom stereocenters. The van der Waals surface area contributed by atoms with Crippen molar-refractivity contribution in [3.8, 4) is 0 Å². The monoisotopic (exact) mass is 264 g/mol. The van der Waals surface area contributed by atoms with Crippen LogP contribution in [-0.2, 0) is 4.79 Å². The fourth-order valence-corrected chi connectivity index (χ4v) is 1.62. The van der Waals surface area contributed by atoms with Crippen LogP contribution in [0.4, 0.5) is 0 Å². The van der Waals surface area contributed by atoms with Crippen LogP contribution in [0.5, 0.6) is 0 Å². The molecule has 0 aliphatic heterocycles. The van der Waals surface area contributed by atoms with Crippen LogP contribution in [0.1, 0.15) is 11.4 Å². The summed E-state index contributed by atoms with van der Waals surface area (Å²) < 4.78 is 1.16. The minimum Gasteiger partial charge on any atom is -0.477 e. The van der Waals surface area contributed by atoms with Gasteiger partial charge in [-0.1, -0.05) is 23.7 Å². The van der Waals surface area contributed by atoms with Crippen molar-refractivity contribution in [2.75, 3.05) is 0 Å². The van der Waals surface area contributed by atoms with Crippen LogP contribution in [0.25, 0.3) is 11.8 Å². The van der Waals surface area contributed by atoms with E-state index in [0.29, 0.717) is 16.4 Å². The number of aryl methyl sites for hydroxylation is 1. The fourth-order valence-electron chi connectivity index (χ4n) is 1.42. The molecule has 1 aromatic heterocycles. The summed E-state index contributed by atoms with van der Waals surface area (Å²) in [7, 11) is 0. The van der Waals surface area contributed by atoms with Crippen molar-refractivity contribution < 1.29 is 9.90 Å². The molecule has 1 N–H and O–H groups in total. The maximum absolute atomic E-state index is 11.2. The van der Waals surface area contributed by atoms with Gasteiger partial charge in [-0.3, -0.25) is 0 Å². The first-order valence-electron chi connectivity index (χ1n) is 5.04. The van der Waals surface area contributed by atoms with E-state index < -0.39 is 5.97 Å². The first-order valence-corrected chi connectivity index (χ1v) is 5.41. The normalized spacial score (nSPS) is 11.6. The average molecular weight is 265 g/mol. The molecule has 0 aliphatic rings. The maximum Gasteiger partial charge on any atom is 0.354 e. The average Bonchev–Trinajstić information content (AvgIpc) is 2.72. The standard InChI is InChI=1S/C11H9ClN4O2/c1-7-13-14-15-16(7)10(11(17)18)6-8-3-2-4-9(12)5-8/h2-6H,1H3,(H,17,18)/b10-6-. The molecule has 0 saturated carbocycles. The van der Waals surface area contributed by atoms with E-state index >= 15 is 0 Å². The van der Waals surface area contributed by atoms with E-state index in [1.165, 1.54) is 6.08 Å². The van der Waals surface area contributed by atoms with Crippen LogP contribution < -0.4 is 0 Å². The van der Waals surface area contributed by atoms with E-state index in [-0.39, 0.29) is 5.70 Å². The molecule has 0 spiro atoms.